The molecule has 0 aliphatic heterocycles. The number of aliphatic hydroxyl groups excluding tert-OH is 1. The van der Waals surface area contributed by atoms with Gasteiger partial charge in [-0.25, -0.2) is 4.98 Å². The van der Waals surface area contributed by atoms with E-state index < -0.39 is 6.04 Å². The maximum absolute atomic E-state index is 9.02. The van der Waals surface area contributed by atoms with Crippen molar-refractivity contribution in [3.63, 3.8) is 0 Å². The van der Waals surface area contributed by atoms with E-state index in [-0.39, 0.29) is 12.0 Å². The topological polar surface area (TPSA) is 72.0 Å². The van der Waals surface area contributed by atoms with Crippen molar-refractivity contribution < 1.29 is 5.11 Å². The van der Waals surface area contributed by atoms with Gasteiger partial charge in [-0.05, 0) is 23.1 Å². The lowest BCUT2D eigenvalue weighted by molar-refractivity contribution is 0.266. The molecule has 1 unspecified atom stereocenters. The summed E-state index contributed by atoms with van der Waals surface area (Å²) in [7, 11) is 0. The predicted molar refractivity (Wildman–Crippen MR) is 72.3 cm³/mol. The van der Waals surface area contributed by atoms with Gasteiger partial charge < -0.3 is 10.8 Å². The standard InChI is InChI=1S/C14H19N3O/c1-14(2,3)9-4-5-11-12(6-9)16-7-13(17-11)10(15)8-18/h4-7,10,18H,8,15H2,1-3H3. The van der Waals surface area contributed by atoms with Crippen LogP contribution in [0.3, 0.4) is 0 Å². The first-order valence-corrected chi connectivity index (χ1v) is 6.05. The number of aromatic nitrogens is 2. The number of nitrogens with zero attached hydrogens (tertiary/aromatic N) is 2. The minimum absolute atomic E-state index is 0.0933. The van der Waals surface area contributed by atoms with Crippen LogP contribution in [0.15, 0.2) is 24.4 Å². The number of hydrogen-bond donors (Lipinski definition) is 2. The van der Waals surface area contributed by atoms with E-state index in [1.807, 2.05) is 6.07 Å². The van der Waals surface area contributed by atoms with Gasteiger partial charge >= 0.3 is 0 Å². The van der Waals surface area contributed by atoms with Gasteiger partial charge in [-0.15, -0.1) is 0 Å². The Morgan fingerprint density at radius 3 is 2.61 bits per heavy atom. The number of benzene rings is 1. The van der Waals surface area contributed by atoms with Crippen LogP contribution in [-0.2, 0) is 5.41 Å². The fourth-order valence-corrected chi connectivity index (χ4v) is 1.76. The van der Waals surface area contributed by atoms with Crippen molar-refractivity contribution >= 4 is 11.0 Å². The quantitative estimate of drug-likeness (QED) is 0.848. The lowest BCUT2D eigenvalue weighted by Crippen LogP contribution is -2.16. The number of fused-ring (bicyclic) bond motifs is 1. The lowest BCUT2D eigenvalue weighted by atomic mass is 9.87. The van der Waals surface area contributed by atoms with Gasteiger partial charge in [0.15, 0.2) is 0 Å². The fourth-order valence-electron chi connectivity index (χ4n) is 1.76. The first-order chi connectivity index (χ1) is 8.41. The van der Waals surface area contributed by atoms with Gasteiger partial charge in [0, 0.05) is 0 Å². The molecule has 1 heterocycles. The summed E-state index contributed by atoms with van der Waals surface area (Å²) in [5.41, 5.74) is 9.34. The normalized spacial score (nSPS) is 13.8. The van der Waals surface area contributed by atoms with Crippen LogP contribution in [0, 0.1) is 0 Å². The van der Waals surface area contributed by atoms with Gasteiger partial charge in [0.05, 0.1) is 35.6 Å². The first-order valence-electron chi connectivity index (χ1n) is 6.05. The Bertz CT molecular complexity index is 560. The number of rotatable bonds is 2. The lowest BCUT2D eigenvalue weighted by Gasteiger charge is -2.19. The fraction of sp³-hybridized carbons (Fsp3) is 0.429. The highest BCUT2D eigenvalue weighted by Crippen LogP contribution is 2.24. The Hall–Kier alpha value is -1.52. The molecule has 0 spiro atoms. The average molecular weight is 245 g/mol. The molecule has 18 heavy (non-hydrogen) atoms. The third kappa shape index (κ3) is 2.49. The SMILES string of the molecule is CC(C)(C)c1ccc2nc(C(N)CO)cnc2c1. The molecule has 4 nitrogen and oxygen atoms in total. The summed E-state index contributed by atoms with van der Waals surface area (Å²) in [6, 6.07) is 5.60. The molecule has 96 valence electrons. The molecule has 4 heteroatoms. The van der Waals surface area contributed by atoms with E-state index in [2.05, 4.69) is 42.9 Å². The van der Waals surface area contributed by atoms with Crippen molar-refractivity contribution in [3.8, 4) is 0 Å². The van der Waals surface area contributed by atoms with Crippen molar-refractivity contribution in [1.29, 1.82) is 0 Å². The van der Waals surface area contributed by atoms with Crippen LogP contribution in [0.25, 0.3) is 11.0 Å². The summed E-state index contributed by atoms with van der Waals surface area (Å²) < 4.78 is 0. The van der Waals surface area contributed by atoms with Gasteiger partial charge in [-0.3, -0.25) is 4.98 Å². The smallest absolute Gasteiger partial charge is 0.0891 e. The zero-order valence-electron chi connectivity index (χ0n) is 11.0. The van der Waals surface area contributed by atoms with E-state index in [0.29, 0.717) is 5.69 Å². The van der Waals surface area contributed by atoms with Gasteiger partial charge in [0.1, 0.15) is 0 Å². The molecule has 3 N–H and O–H groups in total. The number of aliphatic hydroxyl groups is 1. The van der Waals surface area contributed by atoms with Crippen molar-refractivity contribution in [3.05, 3.63) is 35.7 Å². The molecule has 1 aromatic carbocycles. The summed E-state index contributed by atoms with van der Waals surface area (Å²) in [4.78, 5) is 8.79. The van der Waals surface area contributed by atoms with Crippen molar-refractivity contribution in [2.75, 3.05) is 6.61 Å². The number of nitrogens with two attached hydrogens (primary N) is 1. The molecule has 0 saturated heterocycles. The largest absolute Gasteiger partial charge is 0.394 e. The Morgan fingerprint density at radius 1 is 1.28 bits per heavy atom. The summed E-state index contributed by atoms with van der Waals surface area (Å²) in [5.74, 6) is 0. The molecule has 0 saturated carbocycles. The van der Waals surface area contributed by atoms with Crippen molar-refractivity contribution in [2.24, 2.45) is 5.73 Å². The van der Waals surface area contributed by atoms with Crippen LogP contribution in [0.4, 0.5) is 0 Å². The maximum Gasteiger partial charge on any atom is 0.0891 e. The summed E-state index contributed by atoms with van der Waals surface area (Å²) in [6.45, 7) is 6.37. The molecule has 0 fully saturated rings. The summed E-state index contributed by atoms with van der Waals surface area (Å²) >= 11 is 0. The minimum atomic E-state index is -0.468. The van der Waals surface area contributed by atoms with Crippen LogP contribution < -0.4 is 5.73 Å². The molecular formula is C14H19N3O. The molecule has 2 aromatic rings. The van der Waals surface area contributed by atoms with Crippen LogP contribution in [0.5, 0.6) is 0 Å². The molecule has 1 atom stereocenters. The molecule has 0 aliphatic carbocycles. The van der Waals surface area contributed by atoms with E-state index in [4.69, 9.17) is 10.8 Å². The van der Waals surface area contributed by atoms with Crippen LogP contribution >= 0.6 is 0 Å². The third-order valence-corrected chi connectivity index (χ3v) is 3.00. The van der Waals surface area contributed by atoms with Crippen molar-refractivity contribution in [1.82, 2.24) is 9.97 Å². The van der Waals surface area contributed by atoms with Crippen molar-refractivity contribution in [2.45, 2.75) is 32.2 Å². The molecular weight excluding hydrogens is 226 g/mol. The highest BCUT2D eigenvalue weighted by Gasteiger charge is 2.15. The van der Waals surface area contributed by atoms with E-state index in [9.17, 15) is 0 Å². The second-order valence-corrected chi connectivity index (χ2v) is 5.54. The monoisotopic (exact) mass is 245 g/mol. The zero-order valence-corrected chi connectivity index (χ0v) is 11.0. The average Bonchev–Trinajstić information content (AvgIpc) is 2.35. The molecule has 0 radical (unpaired) electrons. The Kier molecular flexibility index (Phi) is 3.32. The Morgan fingerprint density at radius 2 is 2.00 bits per heavy atom. The van der Waals surface area contributed by atoms with Gasteiger partial charge in [-0.2, -0.15) is 0 Å². The minimum Gasteiger partial charge on any atom is -0.394 e. The zero-order chi connectivity index (χ0) is 13.3. The Balaban J connectivity index is 2.49. The van der Waals surface area contributed by atoms with E-state index in [1.54, 1.807) is 6.20 Å². The second-order valence-electron chi connectivity index (χ2n) is 5.54. The van der Waals surface area contributed by atoms with E-state index in [1.165, 1.54) is 5.56 Å². The first kappa shape index (κ1) is 12.9. The molecule has 0 amide bonds. The Labute approximate surface area is 107 Å². The van der Waals surface area contributed by atoms with Crippen LogP contribution in [-0.4, -0.2) is 21.7 Å². The molecule has 1 aromatic heterocycles. The second kappa shape index (κ2) is 4.63. The maximum atomic E-state index is 9.02. The summed E-state index contributed by atoms with van der Waals surface area (Å²) in [6.07, 6.45) is 1.63. The predicted octanol–water partition coefficient (Wildman–Crippen LogP) is 1.92. The van der Waals surface area contributed by atoms with E-state index in [0.717, 1.165) is 11.0 Å². The van der Waals surface area contributed by atoms with Gasteiger partial charge in [0.25, 0.3) is 0 Å². The van der Waals surface area contributed by atoms with Crippen LogP contribution in [0.2, 0.25) is 0 Å². The van der Waals surface area contributed by atoms with Gasteiger partial charge in [-0.1, -0.05) is 26.8 Å². The summed E-state index contributed by atoms with van der Waals surface area (Å²) in [5, 5.41) is 9.02. The van der Waals surface area contributed by atoms with Crippen LogP contribution in [0.1, 0.15) is 38.1 Å². The third-order valence-electron chi connectivity index (χ3n) is 3.00. The molecule has 2 rings (SSSR count). The van der Waals surface area contributed by atoms with E-state index >= 15 is 0 Å². The highest BCUT2D eigenvalue weighted by atomic mass is 16.3. The highest BCUT2D eigenvalue weighted by molar-refractivity contribution is 5.75. The number of hydrogen-bond acceptors (Lipinski definition) is 4. The molecule has 0 bridgehead atoms. The van der Waals surface area contributed by atoms with Gasteiger partial charge in [0.2, 0.25) is 0 Å². The molecule has 0 aliphatic rings.